The average molecular weight is 228 g/mol. The Kier molecular flexibility index (Phi) is 5.71. The second-order valence-corrected chi connectivity index (χ2v) is 4.80. The summed E-state index contributed by atoms with van der Waals surface area (Å²) in [4.78, 5) is 4.42. The van der Waals surface area contributed by atoms with Crippen molar-refractivity contribution in [2.75, 3.05) is 23.4 Å². The SMILES string of the molecule is C=CCSCCNc1nc(CC)cs1. The van der Waals surface area contributed by atoms with Crippen molar-refractivity contribution >= 4 is 28.2 Å². The first-order valence-electron chi connectivity index (χ1n) is 4.73. The van der Waals surface area contributed by atoms with E-state index in [2.05, 4.69) is 29.2 Å². The molecule has 1 aromatic heterocycles. The van der Waals surface area contributed by atoms with Gasteiger partial charge in [0.1, 0.15) is 0 Å². The summed E-state index contributed by atoms with van der Waals surface area (Å²) < 4.78 is 0. The first kappa shape index (κ1) is 11.6. The number of thioether (sulfide) groups is 1. The van der Waals surface area contributed by atoms with Gasteiger partial charge in [0, 0.05) is 23.4 Å². The Hall–Kier alpha value is -0.480. The molecule has 0 unspecified atom stereocenters. The molecule has 0 aliphatic heterocycles. The molecule has 0 aliphatic rings. The lowest BCUT2D eigenvalue weighted by molar-refractivity contribution is 1.06. The normalized spacial score (nSPS) is 10.1. The summed E-state index contributed by atoms with van der Waals surface area (Å²) in [6.45, 7) is 6.78. The van der Waals surface area contributed by atoms with Gasteiger partial charge in [0.25, 0.3) is 0 Å². The minimum Gasteiger partial charge on any atom is -0.361 e. The Bertz CT molecular complexity index is 271. The number of anilines is 1. The van der Waals surface area contributed by atoms with E-state index in [1.807, 2.05) is 17.8 Å². The zero-order valence-electron chi connectivity index (χ0n) is 8.45. The third kappa shape index (κ3) is 4.15. The molecule has 0 atom stereocenters. The topological polar surface area (TPSA) is 24.9 Å². The maximum absolute atomic E-state index is 4.42. The van der Waals surface area contributed by atoms with Gasteiger partial charge in [-0.05, 0) is 6.42 Å². The molecular weight excluding hydrogens is 212 g/mol. The van der Waals surface area contributed by atoms with E-state index in [9.17, 15) is 0 Å². The fourth-order valence-corrected chi connectivity index (χ4v) is 2.35. The van der Waals surface area contributed by atoms with Gasteiger partial charge in [-0.2, -0.15) is 11.8 Å². The lowest BCUT2D eigenvalue weighted by atomic mass is 10.4. The van der Waals surface area contributed by atoms with Crippen LogP contribution in [0, 0.1) is 0 Å². The standard InChI is InChI=1S/C10H16N2S2/c1-3-6-13-7-5-11-10-12-9(4-2)8-14-10/h3,8H,1,4-7H2,2H3,(H,11,12). The Morgan fingerprint density at radius 1 is 1.71 bits per heavy atom. The van der Waals surface area contributed by atoms with Crippen LogP contribution < -0.4 is 5.32 Å². The van der Waals surface area contributed by atoms with E-state index in [0.29, 0.717) is 0 Å². The molecule has 0 bridgehead atoms. The number of nitrogens with zero attached hydrogens (tertiary/aromatic N) is 1. The third-order valence-corrected chi connectivity index (χ3v) is 3.49. The summed E-state index contributed by atoms with van der Waals surface area (Å²) in [5.74, 6) is 2.13. The van der Waals surface area contributed by atoms with Crippen LogP contribution in [-0.2, 0) is 6.42 Å². The minimum atomic E-state index is 0.981. The van der Waals surface area contributed by atoms with Crippen LogP contribution in [0.2, 0.25) is 0 Å². The molecule has 0 aromatic carbocycles. The van der Waals surface area contributed by atoms with E-state index in [-0.39, 0.29) is 0 Å². The van der Waals surface area contributed by atoms with Gasteiger partial charge in [0.15, 0.2) is 5.13 Å². The number of hydrogen-bond acceptors (Lipinski definition) is 4. The van der Waals surface area contributed by atoms with Gasteiger partial charge in [-0.15, -0.1) is 17.9 Å². The van der Waals surface area contributed by atoms with Gasteiger partial charge >= 0.3 is 0 Å². The highest BCUT2D eigenvalue weighted by atomic mass is 32.2. The molecule has 78 valence electrons. The molecule has 0 amide bonds. The molecule has 1 heterocycles. The largest absolute Gasteiger partial charge is 0.361 e. The second-order valence-electron chi connectivity index (χ2n) is 2.79. The van der Waals surface area contributed by atoms with E-state index < -0.39 is 0 Å². The van der Waals surface area contributed by atoms with Crippen LogP contribution in [0.3, 0.4) is 0 Å². The van der Waals surface area contributed by atoms with Gasteiger partial charge in [-0.1, -0.05) is 13.0 Å². The lowest BCUT2D eigenvalue weighted by Crippen LogP contribution is -2.03. The fraction of sp³-hybridized carbons (Fsp3) is 0.500. The first-order valence-corrected chi connectivity index (χ1v) is 6.77. The van der Waals surface area contributed by atoms with Crippen molar-refractivity contribution in [3.8, 4) is 0 Å². The van der Waals surface area contributed by atoms with Crippen molar-refractivity contribution in [3.05, 3.63) is 23.7 Å². The second kappa shape index (κ2) is 6.90. The van der Waals surface area contributed by atoms with E-state index in [1.165, 1.54) is 5.69 Å². The molecule has 1 N–H and O–H groups in total. The number of aromatic nitrogens is 1. The van der Waals surface area contributed by atoms with Crippen LogP contribution in [-0.4, -0.2) is 23.0 Å². The molecule has 4 heteroatoms. The number of aryl methyl sites for hydroxylation is 1. The Morgan fingerprint density at radius 3 is 3.21 bits per heavy atom. The highest BCUT2D eigenvalue weighted by molar-refractivity contribution is 7.99. The summed E-state index contributed by atoms with van der Waals surface area (Å²) in [6, 6.07) is 0. The summed E-state index contributed by atoms with van der Waals surface area (Å²) in [5, 5.41) is 6.46. The number of hydrogen-bond donors (Lipinski definition) is 1. The molecular formula is C10H16N2S2. The Labute approximate surface area is 93.8 Å². The predicted molar refractivity (Wildman–Crippen MR) is 67.5 cm³/mol. The molecule has 0 aliphatic carbocycles. The van der Waals surface area contributed by atoms with Gasteiger partial charge in [-0.25, -0.2) is 4.98 Å². The number of nitrogens with one attached hydrogen (secondary N) is 1. The summed E-state index contributed by atoms with van der Waals surface area (Å²) in [6.07, 6.45) is 2.95. The van der Waals surface area contributed by atoms with Crippen LogP contribution in [0.1, 0.15) is 12.6 Å². The predicted octanol–water partition coefficient (Wildman–Crippen LogP) is 3.04. The van der Waals surface area contributed by atoms with Crippen molar-refractivity contribution < 1.29 is 0 Å². The summed E-state index contributed by atoms with van der Waals surface area (Å²) in [5.41, 5.74) is 1.18. The van der Waals surface area contributed by atoms with Gasteiger partial charge in [-0.3, -0.25) is 0 Å². The molecule has 0 saturated heterocycles. The van der Waals surface area contributed by atoms with Crippen molar-refractivity contribution in [2.24, 2.45) is 0 Å². The molecule has 2 nitrogen and oxygen atoms in total. The van der Waals surface area contributed by atoms with Crippen LogP contribution >= 0.6 is 23.1 Å². The van der Waals surface area contributed by atoms with Crippen molar-refractivity contribution in [1.82, 2.24) is 4.98 Å². The molecule has 1 aromatic rings. The molecule has 0 spiro atoms. The molecule has 14 heavy (non-hydrogen) atoms. The van der Waals surface area contributed by atoms with Crippen LogP contribution in [0.15, 0.2) is 18.0 Å². The Morgan fingerprint density at radius 2 is 2.57 bits per heavy atom. The van der Waals surface area contributed by atoms with E-state index >= 15 is 0 Å². The van der Waals surface area contributed by atoms with E-state index in [1.54, 1.807) is 11.3 Å². The lowest BCUT2D eigenvalue weighted by Gasteiger charge is -2.00. The van der Waals surface area contributed by atoms with Gasteiger partial charge in [0.2, 0.25) is 0 Å². The van der Waals surface area contributed by atoms with Crippen LogP contribution in [0.5, 0.6) is 0 Å². The first-order chi connectivity index (χ1) is 6.86. The van der Waals surface area contributed by atoms with E-state index in [4.69, 9.17) is 0 Å². The van der Waals surface area contributed by atoms with Gasteiger partial charge in [0.05, 0.1) is 5.69 Å². The van der Waals surface area contributed by atoms with Crippen LogP contribution in [0.25, 0.3) is 0 Å². The Balaban J connectivity index is 2.14. The highest BCUT2D eigenvalue weighted by Crippen LogP contribution is 2.15. The van der Waals surface area contributed by atoms with Crippen LogP contribution in [0.4, 0.5) is 5.13 Å². The molecule has 0 saturated carbocycles. The quantitative estimate of drug-likeness (QED) is 0.573. The maximum Gasteiger partial charge on any atom is 0.182 e. The van der Waals surface area contributed by atoms with Crippen molar-refractivity contribution in [1.29, 1.82) is 0 Å². The zero-order chi connectivity index (χ0) is 10.2. The van der Waals surface area contributed by atoms with Crippen molar-refractivity contribution in [3.63, 3.8) is 0 Å². The third-order valence-electron chi connectivity index (χ3n) is 1.67. The smallest absolute Gasteiger partial charge is 0.182 e. The zero-order valence-corrected chi connectivity index (χ0v) is 10.1. The minimum absolute atomic E-state index is 0.981. The molecule has 1 rings (SSSR count). The summed E-state index contributed by atoms with van der Waals surface area (Å²) >= 11 is 3.57. The fourth-order valence-electron chi connectivity index (χ4n) is 0.947. The average Bonchev–Trinajstić information content (AvgIpc) is 2.65. The van der Waals surface area contributed by atoms with Crippen molar-refractivity contribution in [2.45, 2.75) is 13.3 Å². The molecule has 0 radical (unpaired) electrons. The maximum atomic E-state index is 4.42. The van der Waals surface area contributed by atoms with Gasteiger partial charge < -0.3 is 5.32 Å². The van der Waals surface area contributed by atoms with E-state index in [0.717, 1.165) is 29.6 Å². The number of rotatable bonds is 7. The number of thiazole rings is 1. The summed E-state index contributed by atoms with van der Waals surface area (Å²) in [7, 11) is 0. The highest BCUT2D eigenvalue weighted by Gasteiger charge is 1.98. The molecule has 0 fully saturated rings. The monoisotopic (exact) mass is 228 g/mol.